The molecule has 0 spiro atoms. The predicted molar refractivity (Wildman–Crippen MR) is 86.6 cm³/mol. The smallest absolute Gasteiger partial charge is 0.229 e. The number of amides is 2. The zero-order chi connectivity index (χ0) is 15.7. The van der Waals surface area contributed by atoms with Crippen LogP contribution in [0.2, 0.25) is 0 Å². The van der Waals surface area contributed by atoms with Crippen LogP contribution in [0.4, 0.5) is 5.69 Å². The van der Waals surface area contributed by atoms with E-state index in [0.29, 0.717) is 19.0 Å². The van der Waals surface area contributed by atoms with Gasteiger partial charge in [0.05, 0.1) is 5.92 Å². The second kappa shape index (κ2) is 6.11. The van der Waals surface area contributed by atoms with Gasteiger partial charge in [0.25, 0.3) is 0 Å². The van der Waals surface area contributed by atoms with Crippen LogP contribution in [0.25, 0.3) is 0 Å². The van der Waals surface area contributed by atoms with Crippen LogP contribution in [-0.2, 0) is 9.59 Å². The summed E-state index contributed by atoms with van der Waals surface area (Å²) in [6.07, 6.45) is 4.95. The van der Waals surface area contributed by atoms with Gasteiger partial charge >= 0.3 is 0 Å². The van der Waals surface area contributed by atoms with Gasteiger partial charge in [0.2, 0.25) is 11.8 Å². The van der Waals surface area contributed by atoms with E-state index in [-0.39, 0.29) is 17.7 Å². The Kier molecular flexibility index (Phi) is 4.19. The van der Waals surface area contributed by atoms with Crippen LogP contribution in [0.15, 0.2) is 18.2 Å². The molecule has 1 unspecified atom stereocenters. The van der Waals surface area contributed by atoms with Crippen molar-refractivity contribution in [2.75, 3.05) is 11.9 Å². The number of likely N-dealkylation sites (tertiary alicyclic amines) is 1. The minimum absolute atomic E-state index is 0.0288. The van der Waals surface area contributed by atoms with Crippen molar-refractivity contribution in [1.29, 1.82) is 0 Å². The van der Waals surface area contributed by atoms with E-state index in [1.807, 2.05) is 30.9 Å². The maximum absolute atomic E-state index is 12.5. The normalized spacial score (nSPS) is 22.4. The van der Waals surface area contributed by atoms with Gasteiger partial charge in [-0.2, -0.15) is 0 Å². The third kappa shape index (κ3) is 3.16. The van der Waals surface area contributed by atoms with Gasteiger partial charge in [-0.1, -0.05) is 18.9 Å². The topological polar surface area (TPSA) is 49.4 Å². The summed E-state index contributed by atoms with van der Waals surface area (Å²) in [5, 5.41) is 2.98. The zero-order valence-corrected chi connectivity index (χ0v) is 13.4. The third-order valence-electron chi connectivity index (χ3n) is 4.78. The Morgan fingerprint density at radius 3 is 2.41 bits per heavy atom. The van der Waals surface area contributed by atoms with Crippen molar-refractivity contribution in [2.45, 2.75) is 52.0 Å². The Morgan fingerprint density at radius 1 is 1.14 bits per heavy atom. The number of aryl methyl sites for hydroxylation is 2. The van der Waals surface area contributed by atoms with Gasteiger partial charge in [0, 0.05) is 24.7 Å². The molecular weight excluding hydrogens is 276 g/mol. The van der Waals surface area contributed by atoms with Gasteiger partial charge in [-0.15, -0.1) is 0 Å². The molecule has 1 aromatic rings. The third-order valence-corrected chi connectivity index (χ3v) is 4.78. The van der Waals surface area contributed by atoms with E-state index in [1.54, 1.807) is 0 Å². The summed E-state index contributed by atoms with van der Waals surface area (Å²) in [7, 11) is 0. The summed E-state index contributed by atoms with van der Waals surface area (Å²) in [6, 6.07) is 6.38. The fourth-order valence-corrected chi connectivity index (χ4v) is 3.77. The Bertz CT molecular complexity index is 570. The minimum Gasteiger partial charge on any atom is -0.339 e. The Labute approximate surface area is 131 Å². The molecule has 1 atom stereocenters. The second-order valence-corrected chi connectivity index (χ2v) is 6.75. The van der Waals surface area contributed by atoms with Crippen molar-refractivity contribution in [1.82, 2.24) is 4.90 Å². The van der Waals surface area contributed by atoms with E-state index in [1.165, 1.54) is 12.8 Å². The largest absolute Gasteiger partial charge is 0.339 e. The fraction of sp³-hybridized carbons (Fsp3) is 0.556. The molecule has 2 aliphatic rings. The van der Waals surface area contributed by atoms with Crippen molar-refractivity contribution in [3.05, 3.63) is 29.3 Å². The van der Waals surface area contributed by atoms with E-state index in [4.69, 9.17) is 0 Å². The zero-order valence-electron chi connectivity index (χ0n) is 13.4. The summed E-state index contributed by atoms with van der Waals surface area (Å²) in [6.45, 7) is 4.62. The monoisotopic (exact) mass is 300 g/mol. The van der Waals surface area contributed by atoms with Crippen LogP contribution in [0, 0.1) is 19.8 Å². The molecule has 0 aromatic heterocycles. The molecule has 4 nitrogen and oxygen atoms in total. The SMILES string of the molecule is Cc1cc(C)cc(NC(=O)C2CC(=O)N(C3CCCC3)C2)c1. The molecule has 22 heavy (non-hydrogen) atoms. The lowest BCUT2D eigenvalue weighted by atomic mass is 10.1. The Hall–Kier alpha value is -1.84. The first-order chi connectivity index (χ1) is 10.5. The van der Waals surface area contributed by atoms with Crippen LogP contribution < -0.4 is 5.32 Å². The van der Waals surface area contributed by atoms with E-state index in [9.17, 15) is 9.59 Å². The first-order valence-electron chi connectivity index (χ1n) is 8.21. The molecule has 1 aliphatic carbocycles. The van der Waals surface area contributed by atoms with Gasteiger partial charge < -0.3 is 10.2 Å². The Balaban J connectivity index is 1.64. The highest BCUT2D eigenvalue weighted by atomic mass is 16.2. The number of carbonyl (C=O) groups is 2. The molecular formula is C18H24N2O2. The lowest BCUT2D eigenvalue weighted by Gasteiger charge is -2.23. The average molecular weight is 300 g/mol. The van der Waals surface area contributed by atoms with Gasteiger partial charge in [0.1, 0.15) is 0 Å². The van der Waals surface area contributed by atoms with Crippen LogP contribution in [0.1, 0.15) is 43.2 Å². The first-order valence-corrected chi connectivity index (χ1v) is 8.21. The second-order valence-electron chi connectivity index (χ2n) is 6.75. The highest BCUT2D eigenvalue weighted by molar-refractivity contribution is 5.97. The number of nitrogens with zero attached hydrogens (tertiary/aromatic N) is 1. The van der Waals surface area contributed by atoms with Crippen molar-refractivity contribution in [3.63, 3.8) is 0 Å². The number of carbonyl (C=O) groups excluding carboxylic acids is 2. The number of rotatable bonds is 3. The van der Waals surface area contributed by atoms with Gasteiger partial charge in [-0.05, 0) is 49.9 Å². The molecule has 0 bridgehead atoms. The van der Waals surface area contributed by atoms with Gasteiger partial charge in [-0.25, -0.2) is 0 Å². The van der Waals surface area contributed by atoms with Crippen molar-refractivity contribution >= 4 is 17.5 Å². The fourth-order valence-electron chi connectivity index (χ4n) is 3.77. The maximum Gasteiger partial charge on any atom is 0.229 e. The molecule has 1 N–H and O–H groups in total. The predicted octanol–water partition coefficient (Wildman–Crippen LogP) is 3.03. The number of hydrogen-bond acceptors (Lipinski definition) is 2. The molecule has 2 amide bonds. The van der Waals surface area contributed by atoms with Crippen molar-refractivity contribution < 1.29 is 9.59 Å². The molecule has 1 saturated carbocycles. The standard InChI is InChI=1S/C18H24N2O2/c1-12-7-13(2)9-15(8-12)19-18(22)14-10-17(21)20(11-14)16-5-3-4-6-16/h7-9,14,16H,3-6,10-11H2,1-2H3,(H,19,22). The van der Waals surface area contributed by atoms with E-state index < -0.39 is 0 Å². The van der Waals surface area contributed by atoms with Crippen molar-refractivity contribution in [2.24, 2.45) is 5.92 Å². The number of nitrogens with one attached hydrogen (secondary N) is 1. The number of hydrogen-bond donors (Lipinski definition) is 1. The highest BCUT2D eigenvalue weighted by Gasteiger charge is 2.38. The summed E-state index contributed by atoms with van der Waals surface area (Å²) in [5.74, 6) is -0.0970. The minimum atomic E-state index is -0.214. The van der Waals surface area contributed by atoms with E-state index in [0.717, 1.165) is 29.7 Å². The molecule has 2 fully saturated rings. The lowest BCUT2D eigenvalue weighted by Crippen LogP contribution is -2.35. The Morgan fingerprint density at radius 2 is 1.77 bits per heavy atom. The van der Waals surface area contributed by atoms with Gasteiger partial charge in [-0.3, -0.25) is 9.59 Å². The summed E-state index contributed by atoms with van der Waals surface area (Å²) >= 11 is 0. The molecule has 3 rings (SSSR count). The summed E-state index contributed by atoms with van der Waals surface area (Å²) < 4.78 is 0. The number of anilines is 1. The average Bonchev–Trinajstić information content (AvgIpc) is 3.06. The first kappa shape index (κ1) is 15.1. The molecule has 4 heteroatoms. The van der Waals surface area contributed by atoms with Crippen LogP contribution in [0.3, 0.4) is 0 Å². The molecule has 1 heterocycles. The molecule has 1 saturated heterocycles. The molecule has 1 aliphatic heterocycles. The van der Waals surface area contributed by atoms with Crippen molar-refractivity contribution in [3.8, 4) is 0 Å². The van der Waals surface area contributed by atoms with Crippen LogP contribution in [0.5, 0.6) is 0 Å². The lowest BCUT2D eigenvalue weighted by molar-refractivity contribution is -0.129. The quantitative estimate of drug-likeness (QED) is 0.933. The van der Waals surface area contributed by atoms with Gasteiger partial charge in [0.15, 0.2) is 0 Å². The van der Waals surface area contributed by atoms with Crippen LogP contribution >= 0.6 is 0 Å². The van der Waals surface area contributed by atoms with E-state index in [2.05, 4.69) is 11.4 Å². The highest BCUT2D eigenvalue weighted by Crippen LogP contribution is 2.30. The maximum atomic E-state index is 12.5. The van der Waals surface area contributed by atoms with Crippen LogP contribution in [-0.4, -0.2) is 29.3 Å². The summed E-state index contributed by atoms with van der Waals surface area (Å²) in [4.78, 5) is 26.6. The summed E-state index contributed by atoms with van der Waals surface area (Å²) in [5.41, 5.74) is 3.09. The van der Waals surface area contributed by atoms with E-state index >= 15 is 0 Å². The molecule has 118 valence electrons. The molecule has 0 radical (unpaired) electrons. The molecule has 1 aromatic carbocycles. The number of benzene rings is 1.